The molecule has 1 amide bonds. The smallest absolute Gasteiger partial charge is 0.232 e. The Morgan fingerprint density at radius 2 is 1.81 bits per heavy atom. The predicted octanol–water partition coefficient (Wildman–Crippen LogP) is 4.43. The lowest BCUT2D eigenvalue weighted by Gasteiger charge is -2.39. The maximum absolute atomic E-state index is 12.8. The number of nitrogens with zero attached hydrogens (tertiary/aromatic N) is 4. The summed E-state index contributed by atoms with van der Waals surface area (Å²) in [5, 5.41) is 0. The number of hydrogen-bond donors (Lipinski definition) is 0. The Balaban J connectivity index is 1.34. The van der Waals surface area contributed by atoms with Crippen molar-refractivity contribution < 1.29 is 4.79 Å². The van der Waals surface area contributed by atoms with Crippen molar-refractivity contribution in [3.63, 3.8) is 0 Å². The lowest BCUT2D eigenvalue weighted by Crippen LogP contribution is -2.43. The van der Waals surface area contributed by atoms with Crippen LogP contribution in [0.25, 0.3) is 0 Å². The molecule has 1 atom stereocenters. The van der Waals surface area contributed by atoms with Gasteiger partial charge in [-0.2, -0.15) is 0 Å². The summed E-state index contributed by atoms with van der Waals surface area (Å²) in [7, 11) is 0. The number of amides is 1. The third-order valence-corrected chi connectivity index (χ3v) is 7.47. The highest BCUT2D eigenvalue weighted by molar-refractivity contribution is 6.00. The topological polar surface area (TPSA) is 49.3 Å². The Morgan fingerprint density at radius 3 is 2.61 bits per heavy atom. The number of carbonyl (C=O) groups excluding carboxylic acids is 1. The quantitative estimate of drug-likeness (QED) is 0.721. The Hall–Kier alpha value is -2.27. The van der Waals surface area contributed by atoms with E-state index in [0.29, 0.717) is 18.9 Å². The number of carbonyl (C=O) groups is 1. The van der Waals surface area contributed by atoms with Crippen molar-refractivity contribution >= 4 is 11.7 Å². The minimum atomic E-state index is 0.160. The highest BCUT2D eigenvalue weighted by Gasteiger charge is 2.34. The summed E-state index contributed by atoms with van der Waals surface area (Å²) in [6.07, 6.45) is 10.5. The summed E-state index contributed by atoms with van der Waals surface area (Å²) in [6.45, 7) is 5.03. The van der Waals surface area contributed by atoms with Gasteiger partial charge in [0.15, 0.2) is 0 Å². The molecule has 1 aliphatic carbocycles. The van der Waals surface area contributed by atoms with Gasteiger partial charge in [0.05, 0.1) is 6.42 Å². The number of benzene rings is 1. The average Bonchev–Trinajstić information content (AvgIpc) is 3.14. The van der Waals surface area contributed by atoms with Gasteiger partial charge in [-0.1, -0.05) is 49.6 Å². The van der Waals surface area contributed by atoms with Crippen LogP contribution in [-0.4, -0.2) is 46.5 Å². The molecule has 164 valence electrons. The minimum absolute atomic E-state index is 0.160. The van der Waals surface area contributed by atoms with Crippen molar-refractivity contribution in [3.8, 4) is 0 Å². The summed E-state index contributed by atoms with van der Waals surface area (Å²) in [5.74, 6) is 2.37. The first-order valence-electron chi connectivity index (χ1n) is 12.1. The maximum Gasteiger partial charge on any atom is 0.232 e. The van der Waals surface area contributed by atoms with E-state index in [2.05, 4.69) is 36.1 Å². The van der Waals surface area contributed by atoms with Crippen LogP contribution >= 0.6 is 0 Å². The van der Waals surface area contributed by atoms with Gasteiger partial charge in [0, 0.05) is 36.3 Å². The fraction of sp³-hybridized carbons (Fsp3) is 0.577. The van der Waals surface area contributed by atoms with Crippen molar-refractivity contribution in [2.45, 2.75) is 76.7 Å². The van der Waals surface area contributed by atoms with Crippen LogP contribution in [0.5, 0.6) is 0 Å². The number of piperidine rings is 1. The van der Waals surface area contributed by atoms with Crippen LogP contribution in [-0.2, 0) is 17.6 Å². The van der Waals surface area contributed by atoms with Gasteiger partial charge in [-0.3, -0.25) is 14.6 Å². The number of hydrogen-bond acceptors (Lipinski definition) is 4. The van der Waals surface area contributed by atoms with Crippen molar-refractivity contribution in [1.82, 2.24) is 14.9 Å². The van der Waals surface area contributed by atoms with E-state index in [1.54, 1.807) is 0 Å². The van der Waals surface area contributed by atoms with E-state index in [1.807, 2.05) is 11.0 Å². The summed E-state index contributed by atoms with van der Waals surface area (Å²) in [4.78, 5) is 27.4. The summed E-state index contributed by atoms with van der Waals surface area (Å²) in [5.41, 5.74) is 3.28. The van der Waals surface area contributed by atoms with Crippen LogP contribution in [0.1, 0.15) is 73.5 Å². The number of rotatable bonds is 5. The fourth-order valence-electron chi connectivity index (χ4n) is 5.69. The van der Waals surface area contributed by atoms with Gasteiger partial charge in [-0.05, 0) is 51.1 Å². The van der Waals surface area contributed by atoms with E-state index in [4.69, 9.17) is 9.97 Å². The molecule has 0 bridgehead atoms. The summed E-state index contributed by atoms with van der Waals surface area (Å²) >= 11 is 0. The van der Waals surface area contributed by atoms with Gasteiger partial charge < -0.3 is 0 Å². The van der Waals surface area contributed by atoms with Crippen LogP contribution in [0.3, 0.4) is 0 Å². The molecule has 1 saturated carbocycles. The lowest BCUT2D eigenvalue weighted by molar-refractivity contribution is -0.117. The first kappa shape index (κ1) is 20.6. The second-order valence-corrected chi connectivity index (χ2v) is 9.55. The monoisotopic (exact) mass is 418 g/mol. The molecule has 0 radical (unpaired) electrons. The third-order valence-electron chi connectivity index (χ3n) is 7.47. The number of anilines is 1. The molecule has 1 saturated heterocycles. The van der Waals surface area contributed by atoms with Gasteiger partial charge in [0.2, 0.25) is 5.91 Å². The highest BCUT2D eigenvalue weighted by atomic mass is 16.2. The van der Waals surface area contributed by atoms with E-state index in [9.17, 15) is 4.79 Å². The maximum atomic E-state index is 12.8. The van der Waals surface area contributed by atoms with Crippen LogP contribution in [0.2, 0.25) is 0 Å². The molecule has 3 aliphatic rings. The van der Waals surface area contributed by atoms with E-state index in [-0.39, 0.29) is 5.91 Å². The average molecular weight is 419 g/mol. The van der Waals surface area contributed by atoms with E-state index in [1.165, 1.54) is 50.6 Å². The Bertz CT molecular complexity index is 923. The largest absolute Gasteiger partial charge is 0.300 e. The van der Waals surface area contributed by atoms with Crippen molar-refractivity contribution in [3.05, 3.63) is 53.0 Å². The summed E-state index contributed by atoms with van der Waals surface area (Å²) in [6, 6.07) is 11.1. The highest BCUT2D eigenvalue weighted by Crippen LogP contribution is 2.34. The van der Waals surface area contributed by atoms with E-state index >= 15 is 0 Å². The molecule has 5 nitrogen and oxygen atoms in total. The standard InChI is InChI=1S/C26H34N4O/c1-19-23-17-24(31)30(16-14-20-9-4-2-5-10-20)26(23)28-25(27-19)21-11-8-15-29(18-21)22-12-6-3-7-13-22/h2,4-5,9-10,21-22H,3,6-8,11-18H2,1H3. The molecule has 2 fully saturated rings. The minimum Gasteiger partial charge on any atom is -0.300 e. The zero-order valence-corrected chi connectivity index (χ0v) is 18.7. The molecule has 5 heteroatoms. The summed E-state index contributed by atoms with van der Waals surface area (Å²) < 4.78 is 0. The number of likely N-dealkylation sites (tertiary alicyclic amines) is 1. The van der Waals surface area contributed by atoms with Gasteiger partial charge in [-0.15, -0.1) is 0 Å². The molecule has 5 rings (SSSR count). The molecule has 31 heavy (non-hydrogen) atoms. The third kappa shape index (κ3) is 4.38. The molecule has 2 aromatic rings. The Kier molecular flexibility index (Phi) is 6.04. The predicted molar refractivity (Wildman–Crippen MR) is 123 cm³/mol. The molecule has 2 aliphatic heterocycles. The molecule has 3 heterocycles. The van der Waals surface area contributed by atoms with E-state index in [0.717, 1.165) is 48.3 Å². The Labute approximate surface area is 185 Å². The van der Waals surface area contributed by atoms with E-state index < -0.39 is 0 Å². The van der Waals surface area contributed by atoms with Crippen molar-refractivity contribution in [2.24, 2.45) is 0 Å². The van der Waals surface area contributed by atoms with Gasteiger partial charge in [-0.25, -0.2) is 9.97 Å². The zero-order valence-electron chi connectivity index (χ0n) is 18.7. The first-order chi connectivity index (χ1) is 15.2. The molecule has 0 N–H and O–H groups in total. The zero-order chi connectivity index (χ0) is 21.2. The molecular weight excluding hydrogens is 384 g/mol. The van der Waals surface area contributed by atoms with Crippen LogP contribution in [0, 0.1) is 6.92 Å². The van der Waals surface area contributed by atoms with Crippen LogP contribution in [0.15, 0.2) is 30.3 Å². The van der Waals surface area contributed by atoms with Crippen LogP contribution in [0.4, 0.5) is 5.82 Å². The molecule has 1 unspecified atom stereocenters. The van der Waals surface area contributed by atoms with Gasteiger partial charge >= 0.3 is 0 Å². The molecule has 1 aromatic carbocycles. The molecular formula is C26H34N4O. The lowest BCUT2D eigenvalue weighted by atomic mass is 9.90. The number of aromatic nitrogens is 2. The van der Waals surface area contributed by atoms with Crippen molar-refractivity contribution in [1.29, 1.82) is 0 Å². The second kappa shape index (κ2) is 9.07. The Morgan fingerprint density at radius 1 is 1.00 bits per heavy atom. The van der Waals surface area contributed by atoms with Crippen molar-refractivity contribution in [2.75, 3.05) is 24.5 Å². The molecule has 0 spiro atoms. The SMILES string of the molecule is Cc1nc(C2CCCN(C3CCCCC3)C2)nc2c1CC(=O)N2CCc1ccccc1. The first-order valence-corrected chi connectivity index (χ1v) is 12.1. The number of fused-ring (bicyclic) bond motifs is 1. The van der Waals surface area contributed by atoms with Crippen LogP contribution < -0.4 is 4.90 Å². The van der Waals surface area contributed by atoms with Gasteiger partial charge in [0.25, 0.3) is 0 Å². The molecule has 1 aromatic heterocycles. The van der Waals surface area contributed by atoms with Gasteiger partial charge in [0.1, 0.15) is 11.6 Å². The normalized spacial score (nSPS) is 22.7. The fourth-order valence-corrected chi connectivity index (χ4v) is 5.69. The number of aryl methyl sites for hydroxylation is 1. The second-order valence-electron chi connectivity index (χ2n) is 9.55.